The van der Waals surface area contributed by atoms with Crippen molar-refractivity contribution in [2.24, 2.45) is 0 Å². The fourth-order valence-electron chi connectivity index (χ4n) is 1.73. The molecule has 0 aliphatic carbocycles. The summed E-state index contributed by atoms with van der Waals surface area (Å²) in [5, 5.41) is 7.59. The van der Waals surface area contributed by atoms with E-state index in [0.29, 0.717) is 25.8 Å². The first-order valence-electron chi connectivity index (χ1n) is 6.44. The maximum Gasteiger partial charge on any atom is 0.243 e. The van der Waals surface area contributed by atoms with Gasteiger partial charge in [0.2, 0.25) is 5.95 Å². The summed E-state index contributed by atoms with van der Waals surface area (Å²) in [5.41, 5.74) is 1.93. The molecule has 2 aromatic rings. The van der Waals surface area contributed by atoms with Crippen LogP contribution in [0.25, 0.3) is 5.65 Å². The summed E-state index contributed by atoms with van der Waals surface area (Å²) in [5.74, 6) is 0.659. The van der Waals surface area contributed by atoms with Crippen LogP contribution in [0.1, 0.15) is 12.1 Å². The number of nitrogens with one attached hydrogen (secondary N) is 1. The molecule has 0 amide bonds. The maximum atomic E-state index is 5.38. The highest BCUT2D eigenvalue weighted by Crippen LogP contribution is 2.07. The van der Waals surface area contributed by atoms with Gasteiger partial charge in [-0.3, -0.25) is 0 Å². The Morgan fingerprint density at radius 3 is 2.95 bits per heavy atom. The van der Waals surface area contributed by atoms with Crippen LogP contribution in [0.3, 0.4) is 0 Å². The zero-order chi connectivity index (χ0) is 13.5. The predicted molar refractivity (Wildman–Crippen MR) is 73.5 cm³/mol. The van der Waals surface area contributed by atoms with Crippen LogP contribution in [-0.4, -0.2) is 48.1 Å². The lowest BCUT2D eigenvalue weighted by Crippen LogP contribution is -2.09. The smallest absolute Gasteiger partial charge is 0.243 e. The summed E-state index contributed by atoms with van der Waals surface area (Å²) in [6.45, 7) is 4.80. The number of hydrogen-bond donors (Lipinski definition) is 1. The van der Waals surface area contributed by atoms with Crippen LogP contribution in [0.5, 0.6) is 0 Å². The van der Waals surface area contributed by atoms with Crippen molar-refractivity contribution in [2.75, 3.05) is 38.8 Å². The lowest BCUT2D eigenvalue weighted by Gasteiger charge is -2.03. The van der Waals surface area contributed by atoms with Crippen molar-refractivity contribution in [3.05, 3.63) is 23.9 Å². The number of ether oxygens (including phenoxy) is 2. The maximum absolute atomic E-state index is 5.38. The summed E-state index contributed by atoms with van der Waals surface area (Å²) >= 11 is 0. The van der Waals surface area contributed by atoms with Gasteiger partial charge in [0.1, 0.15) is 0 Å². The van der Waals surface area contributed by atoms with E-state index in [-0.39, 0.29) is 0 Å². The van der Waals surface area contributed by atoms with E-state index in [1.165, 1.54) is 0 Å². The second-order valence-corrected chi connectivity index (χ2v) is 4.26. The number of methoxy groups -OCH3 is 1. The molecule has 0 spiro atoms. The molecule has 104 valence electrons. The third-order valence-electron chi connectivity index (χ3n) is 2.73. The van der Waals surface area contributed by atoms with Crippen molar-refractivity contribution >= 4 is 11.6 Å². The van der Waals surface area contributed by atoms with Gasteiger partial charge in [0.25, 0.3) is 0 Å². The molecule has 0 saturated heterocycles. The monoisotopic (exact) mass is 264 g/mol. The van der Waals surface area contributed by atoms with E-state index < -0.39 is 0 Å². The average molecular weight is 264 g/mol. The molecule has 6 nitrogen and oxygen atoms in total. The normalized spacial score (nSPS) is 11.1. The Labute approximate surface area is 112 Å². The van der Waals surface area contributed by atoms with Crippen LogP contribution >= 0.6 is 0 Å². The summed E-state index contributed by atoms with van der Waals surface area (Å²) in [6, 6.07) is 5.93. The molecule has 0 aromatic carbocycles. The summed E-state index contributed by atoms with van der Waals surface area (Å²) in [6.07, 6.45) is 0.915. The van der Waals surface area contributed by atoms with Crippen molar-refractivity contribution in [1.82, 2.24) is 14.6 Å². The Morgan fingerprint density at radius 2 is 2.16 bits per heavy atom. The van der Waals surface area contributed by atoms with E-state index in [1.54, 1.807) is 7.11 Å². The molecule has 19 heavy (non-hydrogen) atoms. The first-order chi connectivity index (χ1) is 9.31. The van der Waals surface area contributed by atoms with Gasteiger partial charge < -0.3 is 14.8 Å². The third-order valence-corrected chi connectivity index (χ3v) is 2.73. The third kappa shape index (κ3) is 3.90. The minimum Gasteiger partial charge on any atom is -0.382 e. The zero-order valence-corrected chi connectivity index (χ0v) is 11.4. The molecule has 2 rings (SSSR count). The number of anilines is 1. The Bertz CT molecular complexity index is 512. The van der Waals surface area contributed by atoms with Crippen molar-refractivity contribution in [3.8, 4) is 0 Å². The Kier molecular flexibility index (Phi) is 5.11. The zero-order valence-electron chi connectivity index (χ0n) is 11.4. The van der Waals surface area contributed by atoms with Gasteiger partial charge in [-0.1, -0.05) is 6.07 Å². The average Bonchev–Trinajstić information content (AvgIpc) is 2.82. The molecule has 2 heterocycles. The molecule has 0 aliphatic heterocycles. The van der Waals surface area contributed by atoms with E-state index in [0.717, 1.165) is 24.3 Å². The highest BCUT2D eigenvalue weighted by Gasteiger charge is 2.03. The number of rotatable bonds is 8. The Balaban J connectivity index is 1.74. The molecule has 6 heteroatoms. The van der Waals surface area contributed by atoms with E-state index in [4.69, 9.17) is 9.47 Å². The van der Waals surface area contributed by atoms with E-state index in [1.807, 2.05) is 29.6 Å². The molecule has 0 fully saturated rings. The molecule has 0 aliphatic rings. The highest BCUT2D eigenvalue weighted by molar-refractivity contribution is 5.44. The standard InChI is InChI=1S/C13H20N4O2/c1-11-5-3-6-12-15-13(16-17(11)12)14-7-4-8-19-10-9-18-2/h3,5-6H,4,7-10H2,1-2H3,(H,14,16). The molecule has 0 radical (unpaired) electrons. The molecular weight excluding hydrogens is 244 g/mol. The van der Waals surface area contributed by atoms with Crippen molar-refractivity contribution in [2.45, 2.75) is 13.3 Å². The predicted octanol–water partition coefficient (Wildman–Crippen LogP) is 1.50. The molecule has 0 bridgehead atoms. The summed E-state index contributed by atoms with van der Waals surface area (Å²) in [4.78, 5) is 4.40. The quantitative estimate of drug-likeness (QED) is 0.732. The summed E-state index contributed by atoms with van der Waals surface area (Å²) in [7, 11) is 1.67. The van der Waals surface area contributed by atoms with Gasteiger partial charge in [0, 0.05) is 26.0 Å². The molecule has 0 atom stereocenters. The van der Waals surface area contributed by atoms with Crippen LogP contribution in [-0.2, 0) is 9.47 Å². The molecule has 0 saturated carbocycles. The number of nitrogens with zero attached hydrogens (tertiary/aromatic N) is 3. The first kappa shape index (κ1) is 13.8. The van der Waals surface area contributed by atoms with Crippen molar-refractivity contribution in [3.63, 3.8) is 0 Å². The van der Waals surface area contributed by atoms with Gasteiger partial charge in [-0.2, -0.15) is 4.98 Å². The lowest BCUT2D eigenvalue weighted by atomic mass is 10.4. The van der Waals surface area contributed by atoms with Gasteiger partial charge in [0.15, 0.2) is 5.65 Å². The topological polar surface area (TPSA) is 60.7 Å². The van der Waals surface area contributed by atoms with Crippen LogP contribution in [0.15, 0.2) is 18.2 Å². The van der Waals surface area contributed by atoms with Crippen LogP contribution < -0.4 is 5.32 Å². The largest absolute Gasteiger partial charge is 0.382 e. The van der Waals surface area contributed by atoms with Gasteiger partial charge in [-0.05, 0) is 25.5 Å². The number of hydrogen-bond acceptors (Lipinski definition) is 5. The van der Waals surface area contributed by atoms with Crippen LogP contribution in [0.4, 0.5) is 5.95 Å². The fourth-order valence-corrected chi connectivity index (χ4v) is 1.73. The van der Waals surface area contributed by atoms with E-state index in [9.17, 15) is 0 Å². The Hall–Kier alpha value is -1.66. The molecular formula is C13H20N4O2. The van der Waals surface area contributed by atoms with Gasteiger partial charge in [-0.15, -0.1) is 5.10 Å². The van der Waals surface area contributed by atoms with Crippen LogP contribution in [0, 0.1) is 6.92 Å². The minimum atomic E-state index is 0.640. The van der Waals surface area contributed by atoms with E-state index >= 15 is 0 Å². The van der Waals surface area contributed by atoms with Gasteiger partial charge in [0.05, 0.1) is 13.2 Å². The van der Waals surface area contributed by atoms with Crippen LogP contribution in [0.2, 0.25) is 0 Å². The number of fused-ring (bicyclic) bond motifs is 1. The van der Waals surface area contributed by atoms with Crippen molar-refractivity contribution in [1.29, 1.82) is 0 Å². The first-order valence-corrected chi connectivity index (χ1v) is 6.44. The molecule has 1 N–H and O–H groups in total. The van der Waals surface area contributed by atoms with Gasteiger partial charge in [-0.25, -0.2) is 4.52 Å². The summed E-state index contributed by atoms with van der Waals surface area (Å²) < 4.78 is 12.1. The van der Waals surface area contributed by atoms with E-state index in [2.05, 4.69) is 15.4 Å². The molecule has 2 aromatic heterocycles. The lowest BCUT2D eigenvalue weighted by molar-refractivity contribution is 0.0705. The molecule has 0 unspecified atom stereocenters. The number of aryl methyl sites for hydroxylation is 1. The second kappa shape index (κ2) is 7.06. The minimum absolute atomic E-state index is 0.640. The number of aromatic nitrogens is 3. The Morgan fingerprint density at radius 1 is 1.26 bits per heavy atom. The SMILES string of the molecule is COCCOCCCNc1nc2cccc(C)n2n1. The van der Waals surface area contributed by atoms with Crippen molar-refractivity contribution < 1.29 is 9.47 Å². The fraction of sp³-hybridized carbons (Fsp3) is 0.538. The number of pyridine rings is 1. The van der Waals surface area contributed by atoms with Gasteiger partial charge >= 0.3 is 0 Å². The highest BCUT2D eigenvalue weighted by atomic mass is 16.5. The second-order valence-electron chi connectivity index (χ2n) is 4.26.